The van der Waals surface area contributed by atoms with Gasteiger partial charge in [0, 0.05) is 32.3 Å². The number of amides is 2. The average molecular weight is 313 g/mol. The van der Waals surface area contributed by atoms with Crippen LogP contribution in [0.3, 0.4) is 0 Å². The number of hydrogen-bond donors (Lipinski definition) is 1. The monoisotopic (exact) mass is 313 g/mol. The van der Waals surface area contributed by atoms with E-state index in [1.807, 2.05) is 0 Å². The van der Waals surface area contributed by atoms with Crippen LogP contribution in [0.25, 0.3) is 0 Å². The molecule has 1 aromatic rings. The van der Waals surface area contributed by atoms with Gasteiger partial charge in [-0.25, -0.2) is 0 Å². The highest BCUT2D eigenvalue weighted by Gasteiger charge is 2.23. The van der Waals surface area contributed by atoms with Crippen molar-refractivity contribution in [3.05, 3.63) is 23.5 Å². The number of rotatable bonds is 4. The summed E-state index contributed by atoms with van der Waals surface area (Å²) >= 11 is 0. The van der Waals surface area contributed by atoms with Crippen LogP contribution in [-0.4, -0.2) is 40.9 Å². The maximum Gasteiger partial charge on any atom is 0.319 e. The Kier molecular flexibility index (Phi) is 5.15. The van der Waals surface area contributed by atoms with Crippen molar-refractivity contribution < 1.29 is 18.4 Å². The molecule has 22 heavy (non-hydrogen) atoms. The van der Waals surface area contributed by atoms with Gasteiger partial charge in [-0.05, 0) is 37.8 Å². The first-order chi connectivity index (χ1) is 10.4. The quantitative estimate of drug-likeness (QED) is 0.926. The van der Waals surface area contributed by atoms with Crippen molar-refractivity contribution in [1.29, 1.82) is 0 Å². The normalized spacial score (nSPS) is 16.1. The number of halogens is 2. The molecule has 0 spiro atoms. The molecular weight excluding hydrogens is 292 g/mol. The Hall–Kier alpha value is -1.92. The summed E-state index contributed by atoms with van der Waals surface area (Å²) < 4.78 is 26.6. The SMILES string of the molecule is CC(=O)N1CCC(CNC(=O)c2ccc(C)n2C(F)F)CC1. The molecule has 2 rings (SSSR count). The van der Waals surface area contributed by atoms with E-state index in [1.54, 1.807) is 18.7 Å². The Labute approximate surface area is 128 Å². The molecule has 5 nitrogen and oxygen atoms in total. The summed E-state index contributed by atoms with van der Waals surface area (Å²) in [5.74, 6) is -0.147. The third kappa shape index (κ3) is 3.64. The number of carbonyl (C=O) groups excluding carboxylic acids is 2. The Morgan fingerprint density at radius 3 is 2.50 bits per heavy atom. The van der Waals surface area contributed by atoms with E-state index in [1.165, 1.54) is 12.1 Å². The van der Waals surface area contributed by atoms with E-state index >= 15 is 0 Å². The largest absolute Gasteiger partial charge is 0.350 e. The first kappa shape index (κ1) is 16.5. The molecule has 0 atom stereocenters. The number of aromatic nitrogens is 1. The lowest BCUT2D eigenvalue weighted by atomic mass is 9.97. The first-order valence-electron chi connectivity index (χ1n) is 7.40. The minimum atomic E-state index is -2.73. The van der Waals surface area contributed by atoms with Crippen molar-refractivity contribution in [2.45, 2.75) is 33.2 Å². The van der Waals surface area contributed by atoms with Gasteiger partial charge in [0.25, 0.3) is 5.91 Å². The minimum absolute atomic E-state index is 0.0197. The summed E-state index contributed by atoms with van der Waals surface area (Å²) in [6, 6.07) is 2.92. The van der Waals surface area contributed by atoms with Gasteiger partial charge < -0.3 is 10.2 Å². The standard InChI is InChI=1S/C15H21F2N3O2/c1-10-3-4-13(20(10)15(16)17)14(22)18-9-12-5-7-19(8-6-12)11(2)21/h3-4,12,15H,5-9H2,1-2H3,(H,18,22). The summed E-state index contributed by atoms with van der Waals surface area (Å²) in [4.78, 5) is 25.1. The maximum atomic E-state index is 12.9. The molecule has 1 N–H and O–H groups in total. The number of alkyl halides is 2. The molecule has 1 saturated heterocycles. The van der Waals surface area contributed by atoms with E-state index in [4.69, 9.17) is 0 Å². The average Bonchev–Trinajstić information content (AvgIpc) is 2.87. The first-order valence-corrected chi connectivity index (χ1v) is 7.40. The third-order valence-electron chi connectivity index (χ3n) is 4.16. The van der Waals surface area contributed by atoms with Crippen LogP contribution in [0.1, 0.15) is 42.5 Å². The van der Waals surface area contributed by atoms with Crippen molar-refractivity contribution >= 4 is 11.8 Å². The van der Waals surface area contributed by atoms with Gasteiger partial charge in [-0.1, -0.05) is 0 Å². The zero-order valence-electron chi connectivity index (χ0n) is 12.8. The van der Waals surface area contributed by atoms with Crippen LogP contribution in [0, 0.1) is 12.8 Å². The number of likely N-dealkylation sites (tertiary alicyclic amines) is 1. The van der Waals surface area contributed by atoms with E-state index < -0.39 is 12.5 Å². The second kappa shape index (κ2) is 6.89. The van der Waals surface area contributed by atoms with Crippen LogP contribution in [0.4, 0.5) is 8.78 Å². The highest BCUT2D eigenvalue weighted by Crippen LogP contribution is 2.19. The zero-order valence-corrected chi connectivity index (χ0v) is 12.8. The van der Waals surface area contributed by atoms with E-state index in [-0.39, 0.29) is 17.5 Å². The summed E-state index contributed by atoms with van der Waals surface area (Å²) in [6.45, 7) is 2.17. The fourth-order valence-corrected chi connectivity index (χ4v) is 2.77. The van der Waals surface area contributed by atoms with Crippen LogP contribution < -0.4 is 5.32 Å². The van der Waals surface area contributed by atoms with Crippen LogP contribution in [-0.2, 0) is 4.79 Å². The molecule has 1 aliphatic heterocycles. The van der Waals surface area contributed by atoms with Crippen molar-refractivity contribution in [2.75, 3.05) is 19.6 Å². The topological polar surface area (TPSA) is 54.3 Å². The molecule has 1 aliphatic rings. The molecule has 2 heterocycles. The lowest BCUT2D eigenvalue weighted by molar-refractivity contribution is -0.130. The van der Waals surface area contributed by atoms with Gasteiger partial charge in [-0.15, -0.1) is 0 Å². The zero-order chi connectivity index (χ0) is 16.3. The lowest BCUT2D eigenvalue weighted by Crippen LogP contribution is -2.40. The predicted octanol–water partition coefficient (Wildman–Crippen LogP) is 2.18. The molecule has 0 saturated carbocycles. The van der Waals surface area contributed by atoms with Crippen LogP contribution in [0.5, 0.6) is 0 Å². The Bertz CT molecular complexity index is 549. The molecule has 2 amide bonds. The van der Waals surface area contributed by atoms with Crippen molar-refractivity contribution in [1.82, 2.24) is 14.8 Å². The summed E-state index contributed by atoms with van der Waals surface area (Å²) in [5, 5.41) is 2.72. The predicted molar refractivity (Wildman–Crippen MR) is 77.7 cm³/mol. The molecule has 0 bridgehead atoms. The Balaban J connectivity index is 1.88. The number of nitrogens with zero attached hydrogens (tertiary/aromatic N) is 2. The van der Waals surface area contributed by atoms with Gasteiger partial charge in [-0.2, -0.15) is 8.78 Å². The van der Waals surface area contributed by atoms with E-state index in [0.29, 0.717) is 25.3 Å². The van der Waals surface area contributed by atoms with Gasteiger partial charge in [0.1, 0.15) is 5.69 Å². The maximum absolute atomic E-state index is 12.9. The van der Waals surface area contributed by atoms with Gasteiger partial charge in [0.05, 0.1) is 0 Å². The van der Waals surface area contributed by atoms with E-state index in [2.05, 4.69) is 5.32 Å². The number of nitrogens with one attached hydrogen (secondary N) is 1. The highest BCUT2D eigenvalue weighted by atomic mass is 19.3. The third-order valence-corrected chi connectivity index (χ3v) is 4.16. The molecule has 0 radical (unpaired) electrons. The van der Waals surface area contributed by atoms with E-state index in [0.717, 1.165) is 17.4 Å². The van der Waals surface area contributed by atoms with Crippen molar-refractivity contribution in [2.24, 2.45) is 5.92 Å². The molecule has 1 fully saturated rings. The van der Waals surface area contributed by atoms with Gasteiger partial charge >= 0.3 is 6.55 Å². The molecule has 7 heteroatoms. The number of hydrogen-bond acceptors (Lipinski definition) is 2. The molecule has 122 valence electrons. The second-order valence-corrected chi connectivity index (χ2v) is 5.67. The van der Waals surface area contributed by atoms with Gasteiger partial charge in [-0.3, -0.25) is 14.2 Å². The van der Waals surface area contributed by atoms with Gasteiger partial charge in [0.15, 0.2) is 0 Å². The fraction of sp³-hybridized carbons (Fsp3) is 0.600. The highest BCUT2D eigenvalue weighted by molar-refractivity contribution is 5.92. The molecule has 0 aromatic carbocycles. The molecule has 1 aromatic heterocycles. The summed E-state index contributed by atoms with van der Waals surface area (Å²) in [7, 11) is 0. The molecule has 0 unspecified atom stereocenters. The van der Waals surface area contributed by atoms with Gasteiger partial charge in [0.2, 0.25) is 5.91 Å². The number of piperidine rings is 1. The fourth-order valence-electron chi connectivity index (χ4n) is 2.77. The van der Waals surface area contributed by atoms with Crippen molar-refractivity contribution in [3.8, 4) is 0 Å². The van der Waals surface area contributed by atoms with Crippen molar-refractivity contribution in [3.63, 3.8) is 0 Å². The minimum Gasteiger partial charge on any atom is -0.350 e. The Morgan fingerprint density at radius 2 is 1.95 bits per heavy atom. The molecular formula is C15H21F2N3O2. The molecule has 0 aliphatic carbocycles. The van der Waals surface area contributed by atoms with Crippen LogP contribution in [0.2, 0.25) is 0 Å². The smallest absolute Gasteiger partial charge is 0.319 e. The summed E-state index contributed by atoms with van der Waals surface area (Å²) in [6.07, 6.45) is 1.63. The van der Waals surface area contributed by atoms with Crippen LogP contribution in [0.15, 0.2) is 12.1 Å². The van der Waals surface area contributed by atoms with Crippen LogP contribution >= 0.6 is 0 Å². The lowest BCUT2D eigenvalue weighted by Gasteiger charge is -2.31. The van der Waals surface area contributed by atoms with E-state index in [9.17, 15) is 18.4 Å². The second-order valence-electron chi connectivity index (χ2n) is 5.67. The summed E-state index contributed by atoms with van der Waals surface area (Å²) in [5.41, 5.74) is 0.337. The Morgan fingerprint density at radius 1 is 1.32 bits per heavy atom. The number of aryl methyl sites for hydroxylation is 1. The number of carbonyl (C=O) groups is 2.